The Morgan fingerprint density at radius 1 is 1.03 bits per heavy atom. The fourth-order valence-electron chi connectivity index (χ4n) is 3.65. The van der Waals surface area contributed by atoms with E-state index in [4.69, 9.17) is 21.1 Å². The maximum absolute atomic E-state index is 13.5. The number of methoxy groups -OCH3 is 2. The molecule has 8 nitrogen and oxygen atoms in total. The minimum atomic E-state index is -4.18. The second-order valence-corrected chi connectivity index (χ2v) is 10.3. The Balaban J connectivity index is 1.99. The van der Waals surface area contributed by atoms with Crippen LogP contribution in [0, 0.1) is 0 Å². The number of hydrogen-bond donors (Lipinski definition) is 0. The molecule has 2 aromatic carbocycles. The average molecular weight is 495 g/mol. The van der Waals surface area contributed by atoms with Gasteiger partial charge in [-0.25, -0.2) is 13.3 Å². The highest BCUT2D eigenvalue weighted by molar-refractivity contribution is 7.89. The van der Waals surface area contributed by atoms with Crippen molar-refractivity contribution in [2.75, 3.05) is 25.7 Å². The number of carbonyl (C=O) groups excluding carboxylic acids is 2. The molecular weight excluding hydrogens is 468 g/mol. The van der Waals surface area contributed by atoms with Gasteiger partial charge < -0.3 is 9.47 Å². The van der Waals surface area contributed by atoms with Gasteiger partial charge in [0.15, 0.2) is 6.29 Å². The van der Waals surface area contributed by atoms with Gasteiger partial charge in [0.1, 0.15) is 6.04 Å². The third kappa shape index (κ3) is 5.28. The molecule has 178 valence electrons. The Labute approximate surface area is 199 Å². The normalized spacial score (nSPS) is 17.1. The first-order chi connectivity index (χ1) is 15.6. The highest BCUT2D eigenvalue weighted by Crippen LogP contribution is 2.31. The minimum Gasteiger partial charge on any atom is -0.354 e. The van der Waals surface area contributed by atoms with Crippen molar-refractivity contribution in [1.82, 2.24) is 4.31 Å². The molecule has 1 saturated heterocycles. The zero-order chi connectivity index (χ0) is 24.3. The summed E-state index contributed by atoms with van der Waals surface area (Å²) in [5.41, 5.74) is 1.46. The Morgan fingerprint density at radius 2 is 1.61 bits per heavy atom. The fourth-order valence-corrected chi connectivity index (χ4v) is 5.34. The number of ether oxygens (including phenoxy) is 2. The van der Waals surface area contributed by atoms with Crippen LogP contribution in [0.1, 0.15) is 31.7 Å². The van der Waals surface area contributed by atoms with Crippen LogP contribution in [0.2, 0.25) is 5.02 Å². The Morgan fingerprint density at radius 3 is 2.12 bits per heavy atom. The van der Waals surface area contributed by atoms with Crippen molar-refractivity contribution in [2.45, 2.75) is 43.4 Å². The monoisotopic (exact) mass is 494 g/mol. The van der Waals surface area contributed by atoms with Gasteiger partial charge in [-0.15, -0.1) is 0 Å². The molecule has 10 heteroatoms. The molecule has 2 amide bonds. The van der Waals surface area contributed by atoms with Crippen LogP contribution in [0.15, 0.2) is 53.4 Å². The van der Waals surface area contributed by atoms with Crippen molar-refractivity contribution in [3.05, 3.63) is 59.1 Å². The first kappa shape index (κ1) is 25.3. The summed E-state index contributed by atoms with van der Waals surface area (Å²) in [6.45, 7) is 3.80. The van der Waals surface area contributed by atoms with Crippen LogP contribution in [0.4, 0.5) is 5.69 Å². The first-order valence-electron chi connectivity index (χ1n) is 10.4. The Kier molecular flexibility index (Phi) is 7.92. The van der Waals surface area contributed by atoms with Crippen molar-refractivity contribution in [1.29, 1.82) is 0 Å². The fraction of sp³-hybridized carbons (Fsp3) is 0.391. The number of carbonyl (C=O) groups is 2. The maximum Gasteiger partial charge on any atom is 0.252 e. The molecule has 1 fully saturated rings. The molecule has 0 aromatic heterocycles. The van der Waals surface area contributed by atoms with Gasteiger partial charge in [-0.05, 0) is 47.9 Å². The van der Waals surface area contributed by atoms with Gasteiger partial charge in [-0.1, -0.05) is 37.6 Å². The van der Waals surface area contributed by atoms with Crippen molar-refractivity contribution < 1.29 is 27.5 Å². The Hall–Kier alpha value is -2.30. The third-order valence-electron chi connectivity index (χ3n) is 5.56. The highest BCUT2D eigenvalue weighted by Gasteiger charge is 2.47. The van der Waals surface area contributed by atoms with Gasteiger partial charge >= 0.3 is 0 Å². The summed E-state index contributed by atoms with van der Waals surface area (Å²) >= 11 is 5.90. The van der Waals surface area contributed by atoms with Crippen LogP contribution in [-0.2, 0) is 29.1 Å². The second-order valence-electron chi connectivity index (χ2n) is 7.96. The topological polar surface area (TPSA) is 93.2 Å². The van der Waals surface area contributed by atoms with Crippen LogP contribution < -0.4 is 4.90 Å². The molecule has 3 rings (SSSR count). The molecule has 0 aliphatic carbocycles. The van der Waals surface area contributed by atoms with Crippen LogP contribution in [0.5, 0.6) is 0 Å². The van der Waals surface area contributed by atoms with Crippen LogP contribution in [0.25, 0.3) is 0 Å². The van der Waals surface area contributed by atoms with E-state index in [9.17, 15) is 18.0 Å². The van der Waals surface area contributed by atoms with Gasteiger partial charge in [0.2, 0.25) is 15.9 Å². The second kappa shape index (κ2) is 10.3. The molecule has 1 aliphatic rings. The number of sulfonamides is 1. The van der Waals surface area contributed by atoms with Crippen LogP contribution in [0.3, 0.4) is 0 Å². The lowest BCUT2D eigenvalue weighted by Gasteiger charge is -2.29. The van der Waals surface area contributed by atoms with Gasteiger partial charge in [-0.2, -0.15) is 4.31 Å². The summed E-state index contributed by atoms with van der Waals surface area (Å²) in [6.07, 6.45) is -1.23. The van der Waals surface area contributed by atoms with Gasteiger partial charge in [-0.3, -0.25) is 9.59 Å². The third-order valence-corrected chi connectivity index (χ3v) is 7.70. The van der Waals surface area contributed by atoms with E-state index in [1.165, 1.54) is 38.5 Å². The zero-order valence-corrected chi connectivity index (χ0v) is 20.5. The lowest BCUT2D eigenvalue weighted by molar-refractivity contribution is -0.125. The predicted molar refractivity (Wildman–Crippen MR) is 125 cm³/mol. The van der Waals surface area contributed by atoms with E-state index in [-0.39, 0.29) is 23.8 Å². The van der Waals surface area contributed by atoms with E-state index < -0.39 is 34.2 Å². The van der Waals surface area contributed by atoms with E-state index in [0.717, 1.165) is 14.8 Å². The summed E-state index contributed by atoms with van der Waals surface area (Å²) in [6, 6.07) is 11.4. The SMILES string of the molecule is COC(CN(C1CC(=O)N(c2ccc(C(C)C)cc2)C1=O)S(=O)(=O)c1ccc(Cl)cc1)OC. The van der Waals surface area contributed by atoms with Crippen molar-refractivity contribution in [2.24, 2.45) is 0 Å². The number of amides is 2. The van der Waals surface area contributed by atoms with E-state index in [1.54, 1.807) is 12.1 Å². The molecule has 0 saturated carbocycles. The predicted octanol–water partition coefficient (Wildman–Crippen LogP) is 3.41. The summed E-state index contributed by atoms with van der Waals surface area (Å²) in [5.74, 6) is -0.817. The molecule has 1 unspecified atom stereocenters. The number of imide groups is 1. The molecule has 1 aliphatic heterocycles. The summed E-state index contributed by atoms with van der Waals surface area (Å²) in [4.78, 5) is 27.2. The largest absolute Gasteiger partial charge is 0.354 e. The quantitative estimate of drug-likeness (QED) is 0.392. The molecule has 2 aromatic rings. The lowest BCUT2D eigenvalue weighted by atomic mass is 10.0. The van der Waals surface area contributed by atoms with Crippen LogP contribution in [-0.4, -0.2) is 57.6 Å². The molecule has 1 heterocycles. The number of benzene rings is 2. The van der Waals surface area contributed by atoms with Crippen LogP contribution >= 0.6 is 11.6 Å². The highest BCUT2D eigenvalue weighted by atomic mass is 35.5. The minimum absolute atomic E-state index is 0.0576. The smallest absolute Gasteiger partial charge is 0.252 e. The molecule has 0 N–H and O–H groups in total. The molecular formula is C23H27ClN2O6S. The molecule has 1 atom stereocenters. The number of nitrogens with zero attached hydrogens (tertiary/aromatic N) is 2. The number of hydrogen-bond acceptors (Lipinski definition) is 6. The molecule has 0 radical (unpaired) electrons. The summed E-state index contributed by atoms with van der Waals surface area (Å²) in [5, 5.41) is 0.371. The standard InChI is InChI=1S/C23H27ClN2O6S/c1-15(2)16-5-9-18(10-6-16)26-21(27)13-20(23(26)28)25(14-22(31-3)32-4)33(29,30)19-11-7-17(24)8-12-19/h5-12,15,20,22H,13-14H2,1-4H3. The van der Waals surface area contributed by atoms with Crippen molar-refractivity contribution >= 4 is 39.1 Å². The number of anilines is 1. The van der Waals surface area contributed by atoms with E-state index in [0.29, 0.717) is 10.7 Å². The lowest BCUT2D eigenvalue weighted by Crippen LogP contribution is -2.49. The van der Waals surface area contributed by atoms with E-state index in [2.05, 4.69) is 0 Å². The molecule has 0 bridgehead atoms. The Bertz CT molecular complexity index is 1100. The summed E-state index contributed by atoms with van der Waals surface area (Å²) in [7, 11) is -1.45. The summed E-state index contributed by atoms with van der Waals surface area (Å²) < 4.78 is 38.4. The van der Waals surface area contributed by atoms with Gasteiger partial charge in [0.25, 0.3) is 5.91 Å². The van der Waals surface area contributed by atoms with E-state index in [1.807, 2.05) is 26.0 Å². The number of rotatable bonds is 9. The average Bonchev–Trinajstić information content (AvgIpc) is 3.08. The maximum atomic E-state index is 13.5. The van der Waals surface area contributed by atoms with Gasteiger partial charge in [0, 0.05) is 19.2 Å². The first-order valence-corrected chi connectivity index (χ1v) is 12.2. The van der Waals surface area contributed by atoms with Crippen molar-refractivity contribution in [3.63, 3.8) is 0 Å². The van der Waals surface area contributed by atoms with Gasteiger partial charge in [0.05, 0.1) is 23.5 Å². The number of halogens is 1. The molecule has 33 heavy (non-hydrogen) atoms. The van der Waals surface area contributed by atoms with Crippen molar-refractivity contribution in [3.8, 4) is 0 Å². The zero-order valence-electron chi connectivity index (χ0n) is 18.9. The van der Waals surface area contributed by atoms with E-state index >= 15 is 0 Å². The molecule has 0 spiro atoms.